The van der Waals surface area contributed by atoms with Crippen LogP contribution in [0.15, 0.2) is 34.2 Å². The van der Waals surface area contributed by atoms with Crippen LogP contribution in [0.4, 0.5) is 0 Å². The first-order valence-corrected chi connectivity index (χ1v) is 10.7. The number of hydrogen-bond donors (Lipinski definition) is 2. The summed E-state index contributed by atoms with van der Waals surface area (Å²) >= 11 is 0. The molecule has 1 saturated heterocycles. The molecule has 1 aromatic rings. The highest BCUT2D eigenvalue weighted by Gasteiger charge is 2.30. The van der Waals surface area contributed by atoms with Gasteiger partial charge in [-0.3, -0.25) is 19.3 Å². The molecule has 152 valence electrons. The smallest absolute Gasteiger partial charge is 0.263 e. The van der Waals surface area contributed by atoms with Gasteiger partial charge in [-0.1, -0.05) is 18.6 Å². The Morgan fingerprint density at radius 2 is 2.04 bits per heavy atom. The number of sulfonamides is 1. The molecule has 2 aliphatic rings. The first-order chi connectivity index (χ1) is 13.4. The normalized spacial score (nSPS) is 21.9. The molecular formula is C18H24N4O5S. The number of morpholine rings is 1. The summed E-state index contributed by atoms with van der Waals surface area (Å²) in [6.07, 6.45) is 1.89. The van der Waals surface area contributed by atoms with Crippen LogP contribution in [0, 0.1) is 0 Å². The lowest BCUT2D eigenvalue weighted by Gasteiger charge is -2.31. The average Bonchev–Trinajstić information content (AvgIpc) is 2.95. The zero-order chi connectivity index (χ0) is 20.1. The third-order valence-electron chi connectivity index (χ3n) is 4.72. The number of amides is 2. The Morgan fingerprint density at radius 3 is 2.82 bits per heavy atom. The molecule has 3 rings (SSSR count). The molecule has 2 heterocycles. The molecule has 1 fully saturated rings. The summed E-state index contributed by atoms with van der Waals surface area (Å²) in [6.45, 7) is 1.47. The summed E-state index contributed by atoms with van der Waals surface area (Å²) in [5, 5.41) is 0. The second-order valence-electron chi connectivity index (χ2n) is 6.74. The van der Waals surface area contributed by atoms with Gasteiger partial charge in [0, 0.05) is 25.1 Å². The molecule has 1 atom stereocenters. The highest BCUT2D eigenvalue weighted by Crippen LogP contribution is 2.22. The standard InChI is InChI=1S/C18H24N4O5S/c19-17(24)14-12-22(10-11-27-14)16(23)8-2-1-5-9-20-18-13-6-3-4-7-15(13)28(25,26)21-18/h3-4,6-7,14H,1-2,5,8-12H2,(H2,19,24)(H,20,21). The molecule has 0 bridgehead atoms. The van der Waals surface area contributed by atoms with Crippen molar-refractivity contribution in [3.63, 3.8) is 0 Å². The third kappa shape index (κ3) is 4.68. The Balaban J connectivity index is 1.40. The molecular weight excluding hydrogens is 384 g/mol. The molecule has 2 amide bonds. The first kappa shape index (κ1) is 20.3. The predicted molar refractivity (Wildman–Crippen MR) is 102 cm³/mol. The van der Waals surface area contributed by atoms with Gasteiger partial charge in [-0.05, 0) is 25.0 Å². The highest BCUT2D eigenvalue weighted by molar-refractivity contribution is 7.90. The van der Waals surface area contributed by atoms with E-state index in [1.165, 1.54) is 0 Å². The van der Waals surface area contributed by atoms with E-state index in [0.717, 1.165) is 12.8 Å². The van der Waals surface area contributed by atoms with Crippen LogP contribution < -0.4 is 10.5 Å². The Kier molecular flexibility index (Phi) is 6.30. The Hall–Kier alpha value is -2.46. The molecule has 28 heavy (non-hydrogen) atoms. The number of ether oxygens (including phenoxy) is 1. The lowest BCUT2D eigenvalue weighted by molar-refractivity contribution is -0.145. The van der Waals surface area contributed by atoms with Crippen molar-refractivity contribution in [3.05, 3.63) is 29.8 Å². The number of carbonyl (C=O) groups excluding carboxylic acids is 2. The summed E-state index contributed by atoms with van der Waals surface area (Å²) < 4.78 is 31.7. The molecule has 0 radical (unpaired) electrons. The fourth-order valence-electron chi connectivity index (χ4n) is 3.21. The third-order valence-corrected chi connectivity index (χ3v) is 6.12. The number of nitrogens with two attached hydrogens (primary N) is 1. The number of amidine groups is 1. The lowest BCUT2D eigenvalue weighted by Crippen LogP contribution is -2.50. The van der Waals surface area contributed by atoms with Gasteiger partial charge in [0.25, 0.3) is 10.0 Å². The number of unbranched alkanes of at least 4 members (excludes halogenated alkanes) is 2. The van der Waals surface area contributed by atoms with E-state index in [4.69, 9.17) is 10.5 Å². The van der Waals surface area contributed by atoms with Crippen LogP contribution in [0.2, 0.25) is 0 Å². The molecule has 1 unspecified atom stereocenters. The maximum atomic E-state index is 12.2. The van der Waals surface area contributed by atoms with Crippen molar-refractivity contribution in [2.75, 3.05) is 26.2 Å². The number of hydrogen-bond acceptors (Lipinski definition) is 6. The van der Waals surface area contributed by atoms with Crippen molar-refractivity contribution < 1.29 is 22.7 Å². The minimum Gasteiger partial charge on any atom is -0.367 e. The molecule has 0 aromatic heterocycles. The van der Waals surface area contributed by atoms with E-state index >= 15 is 0 Å². The molecule has 2 aliphatic heterocycles. The van der Waals surface area contributed by atoms with Crippen molar-refractivity contribution in [3.8, 4) is 0 Å². The number of nitrogens with one attached hydrogen (secondary N) is 1. The van der Waals surface area contributed by atoms with E-state index in [1.54, 1.807) is 29.2 Å². The number of rotatable bonds is 7. The zero-order valence-corrected chi connectivity index (χ0v) is 16.3. The number of fused-ring (bicyclic) bond motifs is 1. The summed E-state index contributed by atoms with van der Waals surface area (Å²) in [7, 11) is -3.51. The average molecular weight is 408 g/mol. The predicted octanol–water partition coefficient (Wildman–Crippen LogP) is -0.00180. The van der Waals surface area contributed by atoms with Gasteiger partial charge in [-0.25, -0.2) is 8.42 Å². The van der Waals surface area contributed by atoms with E-state index in [2.05, 4.69) is 9.71 Å². The van der Waals surface area contributed by atoms with Crippen LogP contribution in [-0.2, 0) is 24.3 Å². The van der Waals surface area contributed by atoms with Crippen LogP contribution in [0.5, 0.6) is 0 Å². The van der Waals surface area contributed by atoms with Crippen LogP contribution in [0.1, 0.15) is 31.2 Å². The topological polar surface area (TPSA) is 131 Å². The van der Waals surface area contributed by atoms with Crippen LogP contribution >= 0.6 is 0 Å². The lowest BCUT2D eigenvalue weighted by atomic mass is 10.1. The summed E-state index contributed by atoms with van der Waals surface area (Å²) in [5.41, 5.74) is 5.82. The SMILES string of the molecule is NC(=O)C1CN(C(=O)CCCCCN=C2NS(=O)(=O)c3ccccc32)CCO1. The van der Waals surface area contributed by atoms with Gasteiger partial charge in [0.05, 0.1) is 18.0 Å². The molecule has 0 aliphatic carbocycles. The van der Waals surface area contributed by atoms with Gasteiger partial charge >= 0.3 is 0 Å². The highest BCUT2D eigenvalue weighted by atomic mass is 32.2. The first-order valence-electron chi connectivity index (χ1n) is 9.24. The van der Waals surface area contributed by atoms with Gasteiger partial charge in [0.2, 0.25) is 11.8 Å². The molecule has 10 heteroatoms. The largest absolute Gasteiger partial charge is 0.367 e. The minimum absolute atomic E-state index is 0.0154. The van der Waals surface area contributed by atoms with Crippen LogP contribution in [-0.4, -0.2) is 63.3 Å². The maximum Gasteiger partial charge on any atom is 0.263 e. The van der Waals surface area contributed by atoms with E-state index in [-0.39, 0.29) is 17.3 Å². The van der Waals surface area contributed by atoms with Gasteiger partial charge in [0.15, 0.2) is 6.10 Å². The number of benzene rings is 1. The zero-order valence-electron chi connectivity index (χ0n) is 15.5. The van der Waals surface area contributed by atoms with E-state index in [9.17, 15) is 18.0 Å². The van der Waals surface area contributed by atoms with Crippen molar-refractivity contribution in [1.29, 1.82) is 0 Å². The number of aliphatic imine (C=N–C) groups is 1. The molecule has 0 saturated carbocycles. The number of nitrogens with zero attached hydrogens (tertiary/aromatic N) is 2. The fraction of sp³-hybridized carbons (Fsp3) is 0.500. The van der Waals surface area contributed by atoms with Crippen molar-refractivity contribution in [1.82, 2.24) is 9.62 Å². The molecule has 3 N–H and O–H groups in total. The monoisotopic (exact) mass is 408 g/mol. The Morgan fingerprint density at radius 1 is 1.25 bits per heavy atom. The van der Waals surface area contributed by atoms with Crippen LogP contribution in [0.3, 0.4) is 0 Å². The summed E-state index contributed by atoms with van der Waals surface area (Å²) in [4.78, 5) is 29.6. The van der Waals surface area contributed by atoms with Crippen LogP contribution in [0.25, 0.3) is 0 Å². The van der Waals surface area contributed by atoms with Gasteiger partial charge in [0.1, 0.15) is 5.84 Å². The quantitative estimate of drug-likeness (QED) is 0.613. The van der Waals surface area contributed by atoms with Crippen molar-refractivity contribution in [2.24, 2.45) is 10.7 Å². The molecule has 9 nitrogen and oxygen atoms in total. The van der Waals surface area contributed by atoms with Gasteiger partial charge in [-0.15, -0.1) is 0 Å². The number of carbonyl (C=O) groups is 2. The van der Waals surface area contributed by atoms with E-state index in [0.29, 0.717) is 43.9 Å². The van der Waals surface area contributed by atoms with Crippen molar-refractivity contribution in [2.45, 2.75) is 36.7 Å². The summed E-state index contributed by atoms with van der Waals surface area (Å²) in [6, 6.07) is 6.74. The Labute approximate surface area is 164 Å². The summed E-state index contributed by atoms with van der Waals surface area (Å²) in [5.74, 6) is -0.198. The number of primary amides is 1. The molecule has 0 spiro atoms. The van der Waals surface area contributed by atoms with E-state index < -0.39 is 22.0 Å². The van der Waals surface area contributed by atoms with E-state index in [1.807, 2.05) is 0 Å². The minimum atomic E-state index is -3.51. The van der Waals surface area contributed by atoms with Gasteiger partial charge < -0.3 is 15.4 Å². The Bertz CT molecular complexity index is 884. The maximum absolute atomic E-state index is 12.2. The molecule has 1 aromatic carbocycles. The second-order valence-corrected chi connectivity index (χ2v) is 8.40. The van der Waals surface area contributed by atoms with Gasteiger partial charge in [-0.2, -0.15) is 0 Å². The van der Waals surface area contributed by atoms with Crippen molar-refractivity contribution >= 4 is 27.7 Å². The second kappa shape index (κ2) is 8.70. The fourth-order valence-corrected chi connectivity index (χ4v) is 4.46.